The minimum atomic E-state index is 0.755. The molecule has 0 heterocycles. The van der Waals surface area contributed by atoms with Gasteiger partial charge in [-0.15, -0.1) is 0 Å². The van der Waals surface area contributed by atoms with E-state index in [-0.39, 0.29) is 0 Å². The van der Waals surface area contributed by atoms with Gasteiger partial charge in [0.2, 0.25) is 0 Å². The second-order valence-electron chi connectivity index (χ2n) is 5.64. The van der Waals surface area contributed by atoms with Gasteiger partial charge in [0.15, 0.2) is 0 Å². The van der Waals surface area contributed by atoms with Crippen LogP contribution in [0.1, 0.15) is 53.0 Å². The second-order valence-corrected chi connectivity index (χ2v) is 5.64. The fourth-order valence-corrected chi connectivity index (χ4v) is 1.45. The molecule has 0 spiro atoms. The first-order valence-electron chi connectivity index (χ1n) is 7.39. The lowest BCUT2D eigenvalue weighted by atomic mass is 10.1. The smallest absolute Gasteiger partial charge is 0.0260 e. The molecule has 0 aliphatic carbocycles. The molecule has 0 radical (unpaired) electrons. The average molecular weight is 258 g/mol. The maximum Gasteiger partial charge on any atom is -0.0260 e. The largest absolute Gasteiger partial charge is 0.0917 e. The Bertz CT molecular complexity index is 342. The lowest BCUT2D eigenvalue weighted by Gasteiger charge is -1.96. The SMILES string of the molecule is C/C=C/CC(C)C.CC(C)C/C=C/c1ccccc1. The molecule has 0 N–H and O–H groups in total. The van der Waals surface area contributed by atoms with E-state index in [0.717, 1.165) is 18.3 Å². The molecule has 0 aliphatic rings. The minimum absolute atomic E-state index is 0.755. The Morgan fingerprint density at radius 1 is 0.842 bits per heavy atom. The Morgan fingerprint density at radius 2 is 1.37 bits per heavy atom. The van der Waals surface area contributed by atoms with Crippen molar-refractivity contribution in [1.29, 1.82) is 0 Å². The van der Waals surface area contributed by atoms with Crippen LogP contribution >= 0.6 is 0 Å². The van der Waals surface area contributed by atoms with Gasteiger partial charge in [0.05, 0.1) is 0 Å². The van der Waals surface area contributed by atoms with Gasteiger partial charge in [-0.05, 0) is 37.2 Å². The standard InChI is InChI=1S/C12H16.C7H14/c1-11(2)7-6-10-12-8-4-3-5-9-12;1-4-5-6-7(2)3/h3-6,8-11H,7H2,1-2H3;4-5,7H,6H2,1-3H3/b10-6+;5-4+. The number of allylic oxidation sites excluding steroid dienone is 3. The van der Waals surface area contributed by atoms with Crippen molar-refractivity contribution < 1.29 is 0 Å². The molecule has 0 atom stereocenters. The summed E-state index contributed by atoms with van der Waals surface area (Å²) in [6.45, 7) is 11.0. The monoisotopic (exact) mass is 258 g/mol. The normalized spacial score (nSPS) is 11.3. The summed E-state index contributed by atoms with van der Waals surface area (Å²) in [7, 11) is 0. The fraction of sp³-hybridized carbons (Fsp3) is 0.474. The third-order valence-corrected chi connectivity index (χ3v) is 2.56. The van der Waals surface area contributed by atoms with Crippen molar-refractivity contribution in [2.24, 2.45) is 11.8 Å². The summed E-state index contributed by atoms with van der Waals surface area (Å²) in [5.41, 5.74) is 1.29. The zero-order chi connectivity index (χ0) is 14.5. The van der Waals surface area contributed by atoms with Crippen molar-refractivity contribution in [2.75, 3.05) is 0 Å². The summed E-state index contributed by atoms with van der Waals surface area (Å²) >= 11 is 0. The van der Waals surface area contributed by atoms with Gasteiger partial charge >= 0.3 is 0 Å². The van der Waals surface area contributed by atoms with Gasteiger partial charge in [0, 0.05) is 0 Å². The van der Waals surface area contributed by atoms with Crippen LogP contribution in [-0.4, -0.2) is 0 Å². The number of benzene rings is 1. The van der Waals surface area contributed by atoms with Crippen molar-refractivity contribution in [3.8, 4) is 0 Å². The third kappa shape index (κ3) is 12.9. The van der Waals surface area contributed by atoms with Gasteiger partial charge in [-0.3, -0.25) is 0 Å². The van der Waals surface area contributed by atoms with Crippen LogP contribution in [0.25, 0.3) is 6.08 Å². The van der Waals surface area contributed by atoms with Crippen molar-refractivity contribution in [2.45, 2.75) is 47.5 Å². The van der Waals surface area contributed by atoms with Gasteiger partial charge in [-0.1, -0.05) is 82.3 Å². The number of rotatable bonds is 5. The molecule has 19 heavy (non-hydrogen) atoms. The maximum absolute atomic E-state index is 2.24. The van der Waals surface area contributed by atoms with Gasteiger partial charge in [0.25, 0.3) is 0 Å². The molecule has 0 saturated heterocycles. The van der Waals surface area contributed by atoms with Crippen LogP contribution in [0.15, 0.2) is 48.6 Å². The Kier molecular flexibility index (Phi) is 11.0. The highest BCUT2D eigenvalue weighted by Crippen LogP contribution is 2.05. The molecule has 1 aromatic carbocycles. The van der Waals surface area contributed by atoms with Crippen LogP contribution in [0, 0.1) is 11.8 Å². The molecule has 0 heteroatoms. The van der Waals surface area contributed by atoms with Crippen LogP contribution < -0.4 is 0 Å². The van der Waals surface area contributed by atoms with Crippen LogP contribution in [0.2, 0.25) is 0 Å². The van der Waals surface area contributed by atoms with E-state index in [1.807, 2.05) is 6.07 Å². The molecule has 0 aromatic heterocycles. The molecule has 0 aliphatic heterocycles. The number of hydrogen-bond donors (Lipinski definition) is 0. The van der Waals surface area contributed by atoms with Crippen molar-refractivity contribution >= 4 is 6.08 Å². The Balaban J connectivity index is 0.000000399. The van der Waals surface area contributed by atoms with Gasteiger partial charge < -0.3 is 0 Å². The Labute approximate surface area is 120 Å². The van der Waals surface area contributed by atoms with E-state index in [4.69, 9.17) is 0 Å². The average Bonchev–Trinajstić information content (AvgIpc) is 2.38. The highest BCUT2D eigenvalue weighted by Gasteiger charge is 1.87. The van der Waals surface area contributed by atoms with E-state index >= 15 is 0 Å². The molecule has 0 bridgehead atoms. The molecule has 0 saturated carbocycles. The molecule has 1 aromatic rings. The fourth-order valence-electron chi connectivity index (χ4n) is 1.45. The Hall–Kier alpha value is -1.30. The van der Waals surface area contributed by atoms with Crippen LogP contribution in [0.5, 0.6) is 0 Å². The van der Waals surface area contributed by atoms with Crippen molar-refractivity contribution in [3.63, 3.8) is 0 Å². The predicted octanol–water partition coefficient (Wildman–Crippen LogP) is 6.35. The molecular weight excluding hydrogens is 228 g/mol. The van der Waals surface area contributed by atoms with Gasteiger partial charge in [-0.25, -0.2) is 0 Å². The minimum Gasteiger partial charge on any atom is -0.0917 e. The molecular formula is C19H30. The topological polar surface area (TPSA) is 0 Å². The maximum atomic E-state index is 2.24. The number of hydrogen-bond acceptors (Lipinski definition) is 0. The van der Waals surface area contributed by atoms with E-state index in [9.17, 15) is 0 Å². The summed E-state index contributed by atoms with van der Waals surface area (Å²) in [5, 5.41) is 0. The van der Waals surface area contributed by atoms with Gasteiger partial charge in [-0.2, -0.15) is 0 Å². The van der Waals surface area contributed by atoms with Gasteiger partial charge in [0.1, 0.15) is 0 Å². The highest BCUT2D eigenvalue weighted by molar-refractivity contribution is 5.48. The molecule has 0 nitrogen and oxygen atoms in total. The van der Waals surface area contributed by atoms with E-state index < -0.39 is 0 Å². The summed E-state index contributed by atoms with van der Waals surface area (Å²) in [5.74, 6) is 1.57. The summed E-state index contributed by atoms with van der Waals surface area (Å²) in [6.07, 6.45) is 11.1. The Morgan fingerprint density at radius 3 is 1.79 bits per heavy atom. The zero-order valence-corrected chi connectivity index (χ0v) is 13.3. The summed E-state index contributed by atoms with van der Waals surface area (Å²) in [4.78, 5) is 0. The first kappa shape index (κ1) is 17.7. The second kappa shape index (κ2) is 11.8. The van der Waals surface area contributed by atoms with Crippen LogP contribution in [0.4, 0.5) is 0 Å². The lowest BCUT2D eigenvalue weighted by Crippen LogP contribution is -1.80. The predicted molar refractivity (Wildman–Crippen MR) is 89.2 cm³/mol. The van der Waals surface area contributed by atoms with Crippen molar-refractivity contribution in [3.05, 3.63) is 54.1 Å². The quantitative estimate of drug-likeness (QED) is 0.539. The molecule has 106 valence electrons. The zero-order valence-electron chi connectivity index (χ0n) is 13.3. The van der Waals surface area contributed by atoms with E-state index in [1.54, 1.807) is 0 Å². The summed E-state index contributed by atoms with van der Waals surface area (Å²) < 4.78 is 0. The van der Waals surface area contributed by atoms with Crippen molar-refractivity contribution in [1.82, 2.24) is 0 Å². The third-order valence-electron chi connectivity index (χ3n) is 2.56. The summed E-state index contributed by atoms with van der Waals surface area (Å²) in [6, 6.07) is 10.4. The first-order chi connectivity index (χ1) is 9.06. The van der Waals surface area contributed by atoms with E-state index in [0.29, 0.717) is 0 Å². The lowest BCUT2D eigenvalue weighted by molar-refractivity contribution is 0.663. The molecule has 1 rings (SSSR count). The van der Waals surface area contributed by atoms with E-state index in [2.05, 4.69) is 83.2 Å². The molecule has 0 fully saturated rings. The first-order valence-corrected chi connectivity index (χ1v) is 7.39. The molecule has 0 unspecified atom stereocenters. The van der Waals surface area contributed by atoms with E-state index in [1.165, 1.54) is 12.0 Å². The molecule has 0 amide bonds. The van der Waals surface area contributed by atoms with Crippen LogP contribution in [0.3, 0.4) is 0 Å². The van der Waals surface area contributed by atoms with Crippen LogP contribution in [-0.2, 0) is 0 Å². The highest BCUT2D eigenvalue weighted by atomic mass is 13.9.